The second kappa shape index (κ2) is 21.4. The van der Waals surface area contributed by atoms with E-state index in [2.05, 4.69) is 42.2 Å². The van der Waals surface area contributed by atoms with Crippen LogP contribution in [0.2, 0.25) is 0 Å². The van der Waals surface area contributed by atoms with Crippen LogP contribution in [0.25, 0.3) is 0 Å². The summed E-state index contributed by atoms with van der Waals surface area (Å²) in [7, 11) is 6.12. The predicted octanol–water partition coefficient (Wildman–Crippen LogP) is 0.545. The largest absolute Gasteiger partial charge is 0.508 e. The topological polar surface area (TPSA) is 262 Å². The van der Waals surface area contributed by atoms with Crippen molar-refractivity contribution in [3.63, 3.8) is 0 Å². The third-order valence-corrected chi connectivity index (χ3v) is 8.29. The Labute approximate surface area is 312 Å². The average Bonchev–Trinajstić information content (AvgIpc) is 3.07. The molecule has 0 radical (unpaired) electrons. The number of amides is 4. The number of carbonyl (C=O) groups excluding carboxylic acids is 4. The van der Waals surface area contributed by atoms with Crippen LogP contribution in [-0.2, 0) is 36.8 Å². The molecule has 0 aliphatic heterocycles. The van der Waals surface area contributed by atoms with E-state index in [0.717, 1.165) is 23.0 Å². The van der Waals surface area contributed by atoms with Gasteiger partial charge in [-0.1, -0.05) is 40.2 Å². The smallest absolute Gasteiger partial charge is 0.322 e. The Bertz CT molecular complexity index is 1560. The minimum atomic E-state index is -1.28. The molecule has 11 N–H and O–H groups in total. The third kappa shape index (κ3) is 17.3. The first-order chi connectivity index (χ1) is 24.4. The van der Waals surface area contributed by atoms with Gasteiger partial charge in [-0.25, -0.2) is 0 Å². The first-order valence-corrected chi connectivity index (χ1v) is 17.6. The van der Waals surface area contributed by atoms with E-state index in [1.807, 2.05) is 21.1 Å². The number of carbonyl (C=O) groups is 5. The molecule has 4 amide bonds. The molecule has 0 fully saturated rings. The number of carboxylic acids is 1. The molecule has 0 aliphatic carbocycles. The molecule has 2 aromatic carbocycles. The zero-order valence-electron chi connectivity index (χ0n) is 29.8. The van der Waals surface area contributed by atoms with Gasteiger partial charge in [-0.15, -0.1) is 0 Å². The number of carboxylic acid groups (broad SMARTS) is 1. The summed E-state index contributed by atoms with van der Waals surface area (Å²) < 4.78 is 1.55. The van der Waals surface area contributed by atoms with Gasteiger partial charge < -0.3 is 47.4 Å². The van der Waals surface area contributed by atoms with Crippen LogP contribution in [0.4, 0.5) is 0 Å². The van der Waals surface area contributed by atoms with Crippen molar-refractivity contribution in [3.05, 3.63) is 64.1 Å². The lowest BCUT2D eigenvalue weighted by molar-refractivity contribution is -0.870. The highest BCUT2D eigenvalue weighted by Gasteiger charge is 2.30. The number of aromatic hydroxyl groups is 1. The number of quaternary nitrogens is 1. The van der Waals surface area contributed by atoms with Crippen LogP contribution in [0, 0.1) is 5.41 Å². The molecule has 2 aromatic rings. The van der Waals surface area contributed by atoms with E-state index in [0.29, 0.717) is 16.5 Å². The van der Waals surface area contributed by atoms with Gasteiger partial charge in [0.15, 0.2) is 5.96 Å². The zero-order chi connectivity index (χ0) is 38.8. The fourth-order valence-corrected chi connectivity index (χ4v) is 5.28. The Kier molecular flexibility index (Phi) is 17.7. The number of halogens is 1. The second-order valence-electron chi connectivity index (χ2n) is 13.4. The van der Waals surface area contributed by atoms with Crippen LogP contribution in [0.1, 0.15) is 43.2 Å². The van der Waals surface area contributed by atoms with Crippen molar-refractivity contribution in [3.8, 4) is 5.75 Å². The molecule has 0 aromatic heterocycles. The lowest BCUT2D eigenvalue weighted by Gasteiger charge is -2.26. The Morgan fingerprint density at radius 3 is 1.94 bits per heavy atom. The van der Waals surface area contributed by atoms with Crippen molar-refractivity contribution in [1.82, 2.24) is 21.3 Å². The number of guanidine groups is 1. The minimum absolute atomic E-state index is 0.00853. The lowest BCUT2D eigenvalue weighted by Crippen LogP contribution is -2.57. The maximum absolute atomic E-state index is 13.8. The normalized spacial score (nSPS) is 12.8. The van der Waals surface area contributed by atoms with Crippen molar-refractivity contribution >= 4 is 57.2 Å². The number of nitrogens with zero attached hydrogens (tertiary/aromatic N) is 2. The summed E-state index contributed by atoms with van der Waals surface area (Å²) in [5.41, 5.74) is 11.9. The van der Waals surface area contributed by atoms with Gasteiger partial charge in [-0.05, 0) is 67.5 Å². The number of hydrogen-bond acceptors (Lipinski definition) is 8. The molecular weight excluding hydrogens is 738 g/mol. The molecule has 284 valence electrons. The lowest BCUT2D eigenvalue weighted by atomic mass is 10.0. The van der Waals surface area contributed by atoms with Crippen molar-refractivity contribution in [2.24, 2.45) is 16.5 Å². The molecule has 0 aliphatic rings. The molecule has 17 heteroatoms. The standard InChI is InChI=1S/C35H50BrN9O7/c1-45(2,3)18-5-4-7-27(42-31(49)26(37)19-22-9-13-24(36)14-10-22)33(51)43-28(8-6-17-40-35(38)39)34(52)44-29(32(50)41-21-30(47)48)20-23-11-15-25(46)16-12-23/h9-16,27-29,37H,4-8,17-21H2,1-3H3,(H9-,38,39,40,41,42,43,44,46,47,48,49,50,51,52)/p+1. The number of nitrogens with one attached hydrogen (secondary N) is 5. The molecule has 2 rings (SSSR count). The number of nitrogens with two attached hydrogens (primary N) is 2. The SMILES string of the molecule is C[N+](C)(C)CCCCC(NC(=O)C(=N)Cc1ccc(Br)cc1)C(=O)NC(CCCN=C(N)N)C(=O)NC(Cc1ccc(O)cc1)C(=O)NCC(=O)O. The Balaban J connectivity index is 2.31. The van der Waals surface area contributed by atoms with Crippen molar-refractivity contribution in [2.75, 3.05) is 40.8 Å². The number of unbranched alkanes of at least 4 members (excludes halogenated alkanes) is 1. The van der Waals surface area contributed by atoms with E-state index in [1.54, 1.807) is 36.4 Å². The summed E-state index contributed by atoms with van der Waals surface area (Å²) in [5.74, 6) is -4.36. The highest BCUT2D eigenvalue weighted by atomic mass is 79.9. The number of phenols is 1. The monoisotopic (exact) mass is 788 g/mol. The molecule has 52 heavy (non-hydrogen) atoms. The molecule has 0 spiro atoms. The molecule has 16 nitrogen and oxygen atoms in total. The molecule has 3 atom stereocenters. The van der Waals surface area contributed by atoms with Gasteiger partial charge in [0.1, 0.15) is 36.1 Å². The predicted molar refractivity (Wildman–Crippen MR) is 200 cm³/mol. The maximum atomic E-state index is 13.8. The van der Waals surface area contributed by atoms with Gasteiger partial charge in [-0.2, -0.15) is 0 Å². The molecule has 0 saturated carbocycles. The Hall–Kier alpha value is -5.03. The van der Waals surface area contributed by atoms with Gasteiger partial charge in [0.25, 0.3) is 5.91 Å². The first-order valence-electron chi connectivity index (χ1n) is 16.8. The van der Waals surface area contributed by atoms with Crippen molar-refractivity contribution in [1.29, 1.82) is 5.41 Å². The second-order valence-corrected chi connectivity index (χ2v) is 14.3. The van der Waals surface area contributed by atoms with Gasteiger partial charge >= 0.3 is 5.97 Å². The Morgan fingerprint density at radius 2 is 1.37 bits per heavy atom. The van der Waals surface area contributed by atoms with Crippen LogP contribution >= 0.6 is 15.9 Å². The third-order valence-electron chi connectivity index (χ3n) is 7.76. The van der Waals surface area contributed by atoms with E-state index < -0.39 is 54.3 Å². The van der Waals surface area contributed by atoms with Gasteiger partial charge in [0.2, 0.25) is 17.7 Å². The summed E-state index contributed by atoms with van der Waals surface area (Å²) >= 11 is 3.36. The number of aliphatic carboxylic acids is 1. The van der Waals surface area contributed by atoms with Crippen LogP contribution in [-0.4, -0.2) is 115 Å². The van der Waals surface area contributed by atoms with E-state index in [4.69, 9.17) is 22.0 Å². The molecule has 0 heterocycles. The molecule has 0 bridgehead atoms. The summed E-state index contributed by atoms with van der Waals surface area (Å²) in [6.45, 7) is 0.256. The summed E-state index contributed by atoms with van der Waals surface area (Å²) in [4.78, 5) is 68.9. The zero-order valence-corrected chi connectivity index (χ0v) is 31.4. The highest BCUT2D eigenvalue weighted by molar-refractivity contribution is 9.10. The van der Waals surface area contributed by atoms with Crippen LogP contribution in [0.15, 0.2) is 58.0 Å². The van der Waals surface area contributed by atoms with Crippen LogP contribution in [0.5, 0.6) is 5.75 Å². The maximum Gasteiger partial charge on any atom is 0.322 e. The number of hydrogen-bond donors (Lipinski definition) is 9. The van der Waals surface area contributed by atoms with Crippen LogP contribution < -0.4 is 32.7 Å². The number of rotatable bonds is 22. The van der Waals surface area contributed by atoms with E-state index in [1.165, 1.54) is 12.1 Å². The van der Waals surface area contributed by atoms with E-state index in [9.17, 15) is 29.1 Å². The van der Waals surface area contributed by atoms with E-state index in [-0.39, 0.29) is 56.1 Å². The quantitative estimate of drug-likeness (QED) is 0.0349. The fourth-order valence-electron chi connectivity index (χ4n) is 5.02. The van der Waals surface area contributed by atoms with Gasteiger partial charge in [0.05, 0.1) is 27.7 Å². The molecular formula is C35H51BrN9O7+. The van der Waals surface area contributed by atoms with Crippen LogP contribution in [0.3, 0.4) is 0 Å². The van der Waals surface area contributed by atoms with E-state index >= 15 is 0 Å². The highest BCUT2D eigenvalue weighted by Crippen LogP contribution is 2.14. The number of phenolic OH excluding ortho intramolecular Hbond substituents is 1. The molecule has 0 saturated heterocycles. The first kappa shape index (κ1) is 43.1. The minimum Gasteiger partial charge on any atom is -0.508 e. The summed E-state index contributed by atoms with van der Waals surface area (Å²) in [6.07, 6.45) is 1.81. The Morgan fingerprint density at radius 1 is 0.808 bits per heavy atom. The molecule has 3 unspecified atom stereocenters. The van der Waals surface area contributed by atoms with Crippen molar-refractivity contribution in [2.45, 2.75) is 63.1 Å². The van der Waals surface area contributed by atoms with Crippen molar-refractivity contribution < 1.29 is 38.7 Å². The number of aliphatic imine (C=N–C) groups is 1. The summed E-state index contributed by atoms with van der Waals surface area (Å²) in [5, 5.41) is 37.5. The number of benzene rings is 2. The van der Waals surface area contributed by atoms with Gasteiger partial charge in [0, 0.05) is 23.9 Å². The average molecular weight is 790 g/mol. The summed E-state index contributed by atoms with van der Waals surface area (Å²) in [6, 6.07) is 9.51. The fraction of sp³-hybridized carbons (Fsp3) is 0.457. The van der Waals surface area contributed by atoms with Gasteiger partial charge in [-0.3, -0.25) is 34.4 Å².